The van der Waals surface area contributed by atoms with Crippen LogP contribution in [-0.2, 0) is 9.47 Å². The van der Waals surface area contributed by atoms with Crippen molar-refractivity contribution in [1.29, 1.82) is 0 Å². The summed E-state index contributed by atoms with van der Waals surface area (Å²) < 4.78 is 10.1. The van der Waals surface area contributed by atoms with E-state index in [4.69, 9.17) is 9.47 Å². The molecular formula is C14H31NO3. The molecule has 0 aliphatic heterocycles. The summed E-state index contributed by atoms with van der Waals surface area (Å²) in [4.78, 5) is 0. The maximum Gasteiger partial charge on any atom is 0.0897 e. The largest absolute Gasteiger partial charge is 0.389 e. The minimum Gasteiger partial charge on any atom is -0.389 e. The highest BCUT2D eigenvalue weighted by Gasteiger charge is 2.17. The summed E-state index contributed by atoms with van der Waals surface area (Å²) in [6.45, 7) is 12.0. The Kier molecular flexibility index (Phi) is 10.6. The number of nitrogens with one attached hydrogen (secondary N) is 1. The van der Waals surface area contributed by atoms with Crippen LogP contribution in [0.4, 0.5) is 0 Å². The molecule has 0 saturated heterocycles. The van der Waals surface area contributed by atoms with E-state index in [9.17, 15) is 5.11 Å². The predicted molar refractivity (Wildman–Crippen MR) is 74.7 cm³/mol. The Morgan fingerprint density at radius 2 is 1.61 bits per heavy atom. The average molecular weight is 261 g/mol. The molecule has 0 aliphatic carbocycles. The van der Waals surface area contributed by atoms with Crippen LogP contribution in [0.15, 0.2) is 0 Å². The Hall–Kier alpha value is -0.160. The van der Waals surface area contributed by atoms with Crippen molar-refractivity contribution in [3.63, 3.8) is 0 Å². The number of hydrogen-bond acceptors (Lipinski definition) is 4. The maximum absolute atomic E-state index is 9.71. The molecule has 0 aromatic rings. The first-order chi connectivity index (χ1) is 8.49. The van der Waals surface area contributed by atoms with Crippen molar-refractivity contribution in [2.24, 2.45) is 17.8 Å². The quantitative estimate of drug-likeness (QED) is 0.554. The van der Waals surface area contributed by atoms with Crippen LogP contribution in [0.25, 0.3) is 0 Å². The van der Waals surface area contributed by atoms with E-state index < -0.39 is 6.10 Å². The molecule has 0 aliphatic rings. The fraction of sp³-hybridized carbons (Fsp3) is 1.00. The molecule has 0 aromatic heterocycles. The summed E-state index contributed by atoms with van der Waals surface area (Å²) in [5, 5.41) is 13.0. The lowest BCUT2D eigenvalue weighted by molar-refractivity contribution is 0.0132. The lowest BCUT2D eigenvalue weighted by Crippen LogP contribution is -2.36. The van der Waals surface area contributed by atoms with Crippen molar-refractivity contribution in [2.75, 3.05) is 40.0 Å². The van der Waals surface area contributed by atoms with E-state index in [0.717, 1.165) is 6.54 Å². The summed E-state index contributed by atoms with van der Waals surface area (Å²) in [6, 6.07) is 0. The molecule has 110 valence electrons. The van der Waals surface area contributed by atoms with Gasteiger partial charge in [-0.25, -0.2) is 0 Å². The Morgan fingerprint density at radius 3 is 2.11 bits per heavy atom. The average Bonchev–Trinajstić information content (AvgIpc) is 2.29. The van der Waals surface area contributed by atoms with Crippen molar-refractivity contribution >= 4 is 0 Å². The van der Waals surface area contributed by atoms with Gasteiger partial charge in [0.25, 0.3) is 0 Å². The fourth-order valence-corrected chi connectivity index (χ4v) is 2.08. The molecule has 0 aromatic carbocycles. The van der Waals surface area contributed by atoms with Gasteiger partial charge in [-0.3, -0.25) is 0 Å². The normalized spacial score (nSPS) is 13.8. The van der Waals surface area contributed by atoms with Crippen LogP contribution in [0.2, 0.25) is 0 Å². The van der Waals surface area contributed by atoms with Crippen molar-refractivity contribution < 1.29 is 14.6 Å². The molecule has 0 rings (SSSR count). The molecule has 0 spiro atoms. The van der Waals surface area contributed by atoms with Gasteiger partial charge >= 0.3 is 0 Å². The molecular weight excluding hydrogens is 230 g/mol. The second kappa shape index (κ2) is 10.7. The van der Waals surface area contributed by atoms with Crippen LogP contribution in [0, 0.1) is 17.8 Å². The molecule has 18 heavy (non-hydrogen) atoms. The SMILES string of the molecule is COCCOCC(O)CNCC(C(C)C)C(C)C. The van der Waals surface area contributed by atoms with E-state index in [1.54, 1.807) is 7.11 Å². The lowest BCUT2D eigenvalue weighted by Gasteiger charge is -2.25. The van der Waals surface area contributed by atoms with Crippen LogP contribution < -0.4 is 5.32 Å². The van der Waals surface area contributed by atoms with Gasteiger partial charge in [-0.2, -0.15) is 0 Å². The van der Waals surface area contributed by atoms with E-state index in [1.165, 1.54) is 0 Å². The van der Waals surface area contributed by atoms with Crippen molar-refractivity contribution in [3.8, 4) is 0 Å². The Morgan fingerprint density at radius 1 is 1.00 bits per heavy atom. The molecule has 0 fully saturated rings. The Labute approximate surface area is 112 Å². The van der Waals surface area contributed by atoms with E-state index in [1.807, 2.05) is 0 Å². The van der Waals surface area contributed by atoms with Crippen molar-refractivity contribution in [1.82, 2.24) is 5.32 Å². The van der Waals surface area contributed by atoms with E-state index in [2.05, 4.69) is 33.0 Å². The van der Waals surface area contributed by atoms with Gasteiger partial charge in [0.15, 0.2) is 0 Å². The summed E-state index contributed by atoms with van der Waals surface area (Å²) in [5.41, 5.74) is 0. The first-order valence-electron chi connectivity index (χ1n) is 6.94. The van der Waals surface area contributed by atoms with Gasteiger partial charge in [-0.15, -0.1) is 0 Å². The molecule has 1 unspecified atom stereocenters. The van der Waals surface area contributed by atoms with Crippen LogP contribution >= 0.6 is 0 Å². The Bertz CT molecular complexity index is 178. The van der Waals surface area contributed by atoms with E-state index in [0.29, 0.717) is 44.1 Å². The summed E-state index contributed by atoms with van der Waals surface area (Å²) in [5.74, 6) is 1.96. The second-order valence-electron chi connectivity index (χ2n) is 5.53. The second-order valence-corrected chi connectivity index (χ2v) is 5.53. The zero-order valence-electron chi connectivity index (χ0n) is 12.6. The van der Waals surface area contributed by atoms with Crippen LogP contribution in [-0.4, -0.2) is 51.2 Å². The third kappa shape index (κ3) is 8.86. The predicted octanol–water partition coefficient (Wildman–Crippen LogP) is 1.53. The monoisotopic (exact) mass is 261 g/mol. The first-order valence-corrected chi connectivity index (χ1v) is 6.94. The zero-order valence-corrected chi connectivity index (χ0v) is 12.6. The van der Waals surface area contributed by atoms with Crippen molar-refractivity contribution in [2.45, 2.75) is 33.8 Å². The van der Waals surface area contributed by atoms with Gasteiger partial charge < -0.3 is 19.9 Å². The number of rotatable bonds is 11. The third-order valence-corrected chi connectivity index (χ3v) is 3.21. The molecule has 0 bridgehead atoms. The molecule has 4 nitrogen and oxygen atoms in total. The van der Waals surface area contributed by atoms with E-state index in [-0.39, 0.29) is 0 Å². The van der Waals surface area contributed by atoms with Crippen molar-refractivity contribution in [3.05, 3.63) is 0 Å². The highest BCUT2D eigenvalue weighted by molar-refractivity contribution is 4.70. The maximum atomic E-state index is 9.71. The number of hydrogen-bond donors (Lipinski definition) is 2. The number of methoxy groups -OCH3 is 1. The minimum atomic E-state index is -0.443. The van der Waals surface area contributed by atoms with Gasteiger partial charge in [0.2, 0.25) is 0 Å². The van der Waals surface area contributed by atoms with E-state index >= 15 is 0 Å². The molecule has 0 radical (unpaired) electrons. The number of ether oxygens (including phenoxy) is 2. The summed E-state index contributed by atoms with van der Waals surface area (Å²) in [7, 11) is 1.64. The van der Waals surface area contributed by atoms with Crippen LogP contribution in [0.5, 0.6) is 0 Å². The number of aliphatic hydroxyl groups excluding tert-OH is 1. The third-order valence-electron chi connectivity index (χ3n) is 3.21. The highest BCUT2D eigenvalue weighted by atomic mass is 16.5. The van der Waals surface area contributed by atoms with Gasteiger partial charge in [-0.1, -0.05) is 27.7 Å². The highest BCUT2D eigenvalue weighted by Crippen LogP contribution is 2.19. The molecule has 4 heteroatoms. The molecule has 0 amide bonds. The lowest BCUT2D eigenvalue weighted by atomic mass is 9.85. The number of aliphatic hydroxyl groups is 1. The van der Waals surface area contributed by atoms with Gasteiger partial charge in [-0.05, 0) is 24.3 Å². The fourth-order valence-electron chi connectivity index (χ4n) is 2.08. The molecule has 0 saturated carbocycles. The summed E-state index contributed by atoms with van der Waals surface area (Å²) in [6.07, 6.45) is -0.443. The molecule has 0 heterocycles. The standard InChI is InChI=1S/C14H31NO3/c1-11(2)14(12(3)4)9-15-8-13(16)10-18-7-6-17-5/h11-16H,6-10H2,1-5H3. The van der Waals surface area contributed by atoms with Crippen LogP contribution in [0.1, 0.15) is 27.7 Å². The first kappa shape index (κ1) is 17.8. The topological polar surface area (TPSA) is 50.7 Å². The van der Waals surface area contributed by atoms with Gasteiger partial charge in [0.05, 0.1) is 25.9 Å². The minimum absolute atomic E-state index is 0.365. The van der Waals surface area contributed by atoms with Gasteiger partial charge in [0.1, 0.15) is 0 Å². The zero-order chi connectivity index (χ0) is 14.0. The molecule has 2 N–H and O–H groups in total. The molecule has 1 atom stereocenters. The van der Waals surface area contributed by atoms with Crippen LogP contribution in [0.3, 0.4) is 0 Å². The Balaban J connectivity index is 3.62. The smallest absolute Gasteiger partial charge is 0.0897 e. The summed E-state index contributed by atoms with van der Waals surface area (Å²) >= 11 is 0. The van der Waals surface area contributed by atoms with Gasteiger partial charge in [0, 0.05) is 13.7 Å².